The maximum absolute atomic E-state index is 13.8. The van der Waals surface area contributed by atoms with Gasteiger partial charge < -0.3 is 15.5 Å². The summed E-state index contributed by atoms with van der Waals surface area (Å²) < 4.78 is 29.2. The number of anilines is 1. The van der Waals surface area contributed by atoms with Crippen LogP contribution in [0, 0.1) is 23.2 Å². The Kier molecular flexibility index (Phi) is 4.43. The van der Waals surface area contributed by atoms with E-state index in [1.54, 1.807) is 17.0 Å². The number of alkyl halides is 2. The number of halogens is 2. The zero-order valence-corrected chi connectivity index (χ0v) is 18.2. The van der Waals surface area contributed by atoms with Crippen LogP contribution in [0.5, 0.6) is 0 Å². The van der Waals surface area contributed by atoms with Crippen LogP contribution in [-0.4, -0.2) is 66.5 Å². The lowest BCUT2D eigenvalue weighted by Crippen LogP contribution is -2.67. The number of nitrogens with one attached hydrogen (secondary N) is 2. The van der Waals surface area contributed by atoms with E-state index >= 15 is 0 Å². The molecule has 2 aromatic heterocycles. The fourth-order valence-corrected chi connectivity index (χ4v) is 7.21. The van der Waals surface area contributed by atoms with Crippen LogP contribution in [0.15, 0.2) is 18.6 Å². The Morgan fingerprint density at radius 2 is 1.97 bits per heavy atom. The Bertz CT molecular complexity index is 1100. The molecule has 0 aromatic carbocycles. The second kappa shape index (κ2) is 7.06. The van der Waals surface area contributed by atoms with E-state index in [1.807, 2.05) is 12.1 Å². The summed E-state index contributed by atoms with van der Waals surface area (Å²) in [4.78, 5) is 22.5. The van der Waals surface area contributed by atoms with Crippen LogP contribution in [0.4, 0.5) is 14.7 Å². The van der Waals surface area contributed by atoms with Crippen LogP contribution < -0.4 is 10.6 Å². The highest BCUT2D eigenvalue weighted by molar-refractivity contribution is 5.79. The molecule has 33 heavy (non-hydrogen) atoms. The molecule has 2 aromatic rings. The smallest absolute Gasteiger partial charge is 0.268 e. The standard InChI is InChI=1S/C22H26F2N8O/c23-22(24)8-16(9-25)31(12-22)18(33)10-27-20-4-14-3-15(5-20)7-21(6-14,11-20)29-19-28-17-1-2-26-13-32(17)30-19/h1-2,13-16,27H,3-8,10-12H2,(H,29,30)/t14?,15?,16-,20?,21?/m0/s1. The fourth-order valence-electron chi connectivity index (χ4n) is 7.21. The molecule has 4 bridgehead atoms. The summed E-state index contributed by atoms with van der Waals surface area (Å²) in [5.41, 5.74) is 0.344. The van der Waals surface area contributed by atoms with E-state index in [4.69, 9.17) is 0 Å². The average molecular weight is 457 g/mol. The molecule has 3 heterocycles. The number of amides is 1. The van der Waals surface area contributed by atoms with Crippen LogP contribution in [-0.2, 0) is 4.79 Å². The average Bonchev–Trinajstić information content (AvgIpc) is 3.29. The third-order valence-electron chi connectivity index (χ3n) is 7.94. The summed E-state index contributed by atoms with van der Waals surface area (Å²) in [6.45, 7) is -0.702. The lowest BCUT2D eigenvalue weighted by atomic mass is 9.50. The Balaban J connectivity index is 1.18. The minimum absolute atomic E-state index is 0.0257. The van der Waals surface area contributed by atoms with Gasteiger partial charge in [-0.15, -0.1) is 5.10 Å². The van der Waals surface area contributed by atoms with Gasteiger partial charge in [0.15, 0.2) is 5.65 Å². The Labute approximate surface area is 189 Å². The van der Waals surface area contributed by atoms with Crippen LogP contribution in [0.25, 0.3) is 5.65 Å². The fraction of sp³-hybridized carbons (Fsp3) is 0.682. The Morgan fingerprint density at radius 3 is 2.70 bits per heavy atom. The summed E-state index contributed by atoms with van der Waals surface area (Å²) in [5, 5.41) is 20.8. The summed E-state index contributed by atoms with van der Waals surface area (Å²) in [7, 11) is 0. The summed E-state index contributed by atoms with van der Waals surface area (Å²) >= 11 is 0. The second-order valence-electron chi connectivity index (χ2n) is 10.5. The molecule has 5 aliphatic rings. The molecule has 11 heteroatoms. The lowest BCUT2D eigenvalue weighted by Gasteiger charge is -2.62. The molecule has 0 radical (unpaired) electrons. The van der Waals surface area contributed by atoms with E-state index in [9.17, 15) is 18.8 Å². The Morgan fingerprint density at radius 1 is 1.21 bits per heavy atom. The molecule has 5 fully saturated rings. The van der Waals surface area contributed by atoms with Crippen molar-refractivity contribution in [3.05, 3.63) is 18.6 Å². The first-order valence-electron chi connectivity index (χ1n) is 11.5. The molecule has 7 rings (SSSR count). The summed E-state index contributed by atoms with van der Waals surface area (Å²) in [5.74, 6) is -1.79. The molecule has 2 unspecified atom stereocenters. The summed E-state index contributed by atoms with van der Waals surface area (Å²) in [6.07, 6.45) is 8.73. The third-order valence-corrected chi connectivity index (χ3v) is 7.94. The van der Waals surface area contributed by atoms with E-state index in [0.717, 1.165) is 42.7 Å². The van der Waals surface area contributed by atoms with E-state index in [2.05, 4.69) is 25.7 Å². The number of likely N-dealkylation sites (tertiary alicyclic amines) is 1. The van der Waals surface area contributed by atoms with Crippen molar-refractivity contribution in [1.29, 1.82) is 5.26 Å². The van der Waals surface area contributed by atoms with Crippen molar-refractivity contribution in [1.82, 2.24) is 29.8 Å². The van der Waals surface area contributed by atoms with Gasteiger partial charge in [-0.05, 0) is 50.4 Å². The molecule has 4 aliphatic carbocycles. The molecule has 3 atom stereocenters. The highest BCUT2D eigenvalue weighted by Crippen LogP contribution is 2.58. The number of fused-ring (bicyclic) bond motifs is 1. The normalized spacial score (nSPS) is 36.3. The van der Waals surface area contributed by atoms with E-state index in [-0.39, 0.29) is 17.6 Å². The number of hydrogen-bond acceptors (Lipinski definition) is 7. The molecule has 1 amide bonds. The SMILES string of the molecule is N#C[C@@H]1CC(F)(F)CN1C(=O)CNC12CC3CC(C1)CC(Nc1nc4ccncn4n1)(C3)C2. The molecule has 174 valence electrons. The number of nitrogens with zero attached hydrogens (tertiary/aromatic N) is 6. The van der Waals surface area contributed by atoms with Crippen molar-refractivity contribution < 1.29 is 13.6 Å². The first-order valence-corrected chi connectivity index (χ1v) is 11.5. The van der Waals surface area contributed by atoms with Crippen molar-refractivity contribution in [3.63, 3.8) is 0 Å². The van der Waals surface area contributed by atoms with Crippen molar-refractivity contribution >= 4 is 17.5 Å². The molecular formula is C22H26F2N8O. The monoisotopic (exact) mass is 456 g/mol. The molecule has 1 aliphatic heterocycles. The number of carbonyl (C=O) groups excluding carboxylic acids is 1. The quantitative estimate of drug-likeness (QED) is 0.708. The topological polar surface area (TPSA) is 111 Å². The van der Waals surface area contributed by atoms with Gasteiger partial charge in [0.05, 0.1) is 19.2 Å². The number of carbonyl (C=O) groups is 1. The first kappa shape index (κ1) is 20.7. The van der Waals surface area contributed by atoms with Crippen molar-refractivity contribution in [2.24, 2.45) is 11.8 Å². The van der Waals surface area contributed by atoms with Gasteiger partial charge in [0.1, 0.15) is 12.4 Å². The van der Waals surface area contributed by atoms with Gasteiger partial charge in [-0.25, -0.2) is 18.3 Å². The molecule has 0 spiro atoms. The minimum Gasteiger partial charge on any atom is -0.347 e. The van der Waals surface area contributed by atoms with Crippen molar-refractivity contribution in [3.8, 4) is 6.07 Å². The zero-order chi connectivity index (χ0) is 22.8. The van der Waals surface area contributed by atoms with Crippen LogP contribution >= 0.6 is 0 Å². The molecule has 2 N–H and O–H groups in total. The van der Waals surface area contributed by atoms with Gasteiger partial charge in [-0.2, -0.15) is 10.2 Å². The van der Waals surface area contributed by atoms with Gasteiger partial charge in [0, 0.05) is 29.8 Å². The van der Waals surface area contributed by atoms with E-state index in [1.165, 1.54) is 6.42 Å². The van der Waals surface area contributed by atoms with Gasteiger partial charge in [-0.1, -0.05) is 0 Å². The maximum Gasteiger partial charge on any atom is 0.268 e. The molecule has 4 saturated carbocycles. The predicted octanol–water partition coefficient (Wildman–Crippen LogP) is 1.98. The molecule has 1 saturated heterocycles. The number of hydrogen-bond donors (Lipinski definition) is 2. The van der Waals surface area contributed by atoms with Crippen LogP contribution in [0.2, 0.25) is 0 Å². The van der Waals surface area contributed by atoms with Gasteiger partial charge in [-0.3, -0.25) is 4.79 Å². The highest BCUT2D eigenvalue weighted by atomic mass is 19.3. The van der Waals surface area contributed by atoms with Gasteiger partial charge in [0.2, 0.25) is 11.9 Å². The summed E-state index contributed by atoms with van der Waals surface area (Å²) in [6, 6.07) is 2.60. The zero-order valence-electron chi connectivity index (χ0n) is 18.2. The van der Waals surface area contributed by atoms with E-state index in [0.29, 0.717) is 17.8 Å². The van der Waals surface area contributed by atoms with Crippen molar-refractivity contribution in [2.75, 3.05) is 18.4 Å². The maximum atomic E-state index is 13.8. The van der Waals surface area contributed by atoms with Crippen LogP contribution in [0.3, 0.4) is 0 Å². The predicted molar refractivity (Wildman–Crippen MR) is 113 cm³/mol. The highest BCUT2D eigenvalue weighted by Gasteiger charge is 2.58. The minimum atomic E-state index is -3.00. The van der Waals surface area contributed by atoms with Gasteiger partial charge >= 0.3 is 0 Å². The lowest BCUT2D eigenvalue weighted by molar-refractivity contribution is -0.132. The second-order valence-corrected chi connectivity index (χ2v) is 10.5. The number of nitriles is 1. The molecular weight excluding hydrogens is 430 g/mol. The van der Waals surface area contributed by atoms with Crippen molar-refractivity contribution in [2.45, 2.75) is 68.0 Å². The number of rotatable bonds is 5. The van der Waals surface area contributed by atoms with Gasteiger partial charge in [0.25, 0.3) is 5.92 Å². The molecule has 9 nitrogen and oxygen atoms in total. The van der Waals surface area contributed by atoms with E-state index < -0.39 is 30.8 Å². The number of aromatic nitrogens is 4. The van der Waals surface area contributed by atoms with Crippen LogP contribution in [0.1, 0.15) is 44.9 Å². The third kappa shape index (κ3) is 3.60. The first-order chi connectivity index (χ1) is 15.8. The largest absolute Gasteiger partial charge is 0.347 e. The Hall–Kier alpha value is -2.87.